The summed E-state index contributed by atoms with van der Waals surface area (Å²) in [6.07, 6.45) is -0.895. The number of ether oxygens (including phenoxy) is 2. The minimum atomic E-state index is -1.99. The Balaban J connectivity index is 1.77. The lowest BCUT2D eigenvalue weighted by atomic mass is 9.96. The largest absolute Gasteiger partial charge is 0.497 e. The Kier molecular flexibility index (Phi) is 6.81. The molecule has 1 aromatic carbocycles. The molecule has 168 valence electrons. The molecule has 2 fully saturated rings. The molecule has 1 aromatic rings. The summed E-state index contributed by atoms with van der Waals surface area (Å²) >= 11 is 0. The van der Waals surface area contributed by atoms with Crippen molar-refractivity contribution >= 4 is 14.4 Å². The highest BCUT2D eigenvalue weighted by molar-refractivity contribution is 6.74. The summed E-state index contributed by atoms with van der Waals surface area (Å²) in [5.41, 5.74) is 1.13. The summed E-state index contributed by atoms with van der Waals surface area (Å²) < 4.78 is 17.4. The van der Waals surface area contributed by atoms with Crippen LogP contribution < -0.4 is 10.1 Å². The Morgan fingerprint density at radius 1 is 1.27 bits per heavy atom. The molecular weight excluding hydrogens is 400 g/mol. The summed E-state index contributed by atoms with van der Waals surface area (Å²) in [5.74, 6) is 0.953. The maximum Gasteiger partial charge on any atom is 0.408 e. The molecule has 0 spiro atoms. The second kappa shape index (κ2) is 8.86. The number of likely N-dealkylation sites (tertiary alicyclic amines) is 1. The molecule has 2 aliphatic heterocycles. The lowest BCUT2D eigenvalue weighted by Gasteiger charge is -2.39. The minimum Gasteiger partial charge on any atom is -0.497 e. The number of rotatable bonds is 7. The van der Waals surface area contributed by atoms with E-state index in [9.17, 15) is 9.90 Å². The molecule has 2 N–H and O–H groups in total. The van der Waals surface area contributed by atoms with Gasteiger partial charge in [0.15, 0.2) is 8.32 Å². The van der Waals surface area contributed by atoms with Crippen LogP contribution in [-0.2, 0) is 15.7 Å². The van der Waals surface area contributed by atoms with Gasteiger partial charge in [0.2, 0.25) is 0 Å². The smallest absolute Gasteiger partial charge is 0.408 e. The van der Waals surface area contributed by atoms with Gasteiger partial charge in [-0.15, -0.1) is 0 Å². The molecule has 2 saturated heterocycles. The Hall–Kier alpha value is -1.61. The van der Waals surface area contributed by atoms with E-state index in [1.54, 1.807) is 12.0 Å². The first-order valence-corrected chi connectivity index (χ1v) is 13.6. The van der Waals surface area contributed by atoms with E-state index < -0.39 is 14.4 Å². The number of carbonyl (C=O) groups is 1. The third-order valence-electron chi connectivity index (χ3n) is 7.03. The van der Waals surface area contributed by atoms with Crippen molar-refractivity contribution in [1.29, 1.82) is 0 Å². The van der Waals surface area contributed by atoms with E-state index in [0.717, 1.165) is 11.3 Å². The van der Waals surface area contributed by atoms with Crippen LogP contribution in [0.2, 0.25) is 18.1 Å². The molecule has 0 aromatic heterocycles. The first kappa shape index (κ1) is 23.1. The molecular formula is C22H36N2O5Si. The standard InChI is InChI=1S/C22H36N2O5Si/c1-22(2,3)30(5,6)29-14-19-20(17-12-28-13-18(17)24(19)21(25)26)23-11-15-7-9-16(27-4)10-8-15/h7-10,17-20,23H,11-14H2,1-6H3,(H,25,26). The molecule has 0 radical (unpaired) electrons. The van der Waals surface area contributed by atoms with Crippen molar-refractivity contribution in [3.05, 3.63) is 29.8 Å². The molecule has 2 aliphatic rings. The predicted octanol–water partition coefficient (Wildman–Crippen LogP) is 3.55. The topological polar surface area (TPSA) is 80.3 Å². The van der Waals surface area contributed by atoms with E-state index in [2.05, 4.69) is 39.2 Å². The van der Waals surface area contributed by atoms with Gasteiger partial charge in [-0.3, -0.25) is 4.90 Å². The third-order valence-corrected chi connectivity index (χ3v) is 11.5. The maximum absolute atomic E-state index is 12.2. The molecule has 7 nitrogen and oxygen atoms in total. The van der Waals surface area contributed by atoms with Crippen molar-refractivity contribution in [2.75, 3.05) is 26.9 Å². The average Bonchev–Trinajstić information content (AvgIpc) is 3.24. The quantitative estimate of drug-likeness (QED) is 0.636. The van der Waals surface area contributed by atoms with E-state index >= 15 is 0 Å². The second-order valence-corrected chi connectivity index (χ2v) is 14.7. The van der Waals surface area contributed by atoms with Crippen molar-refractivity contribution < 1.29 is 23.8 Å². The van der Waals surface area contributed by atoms with Gasteiger partial charge >= 0.3 is 6.09 Å². The number of benzene rings is 1. The van der Waals surface area contributed by atoms with Crippen molar-refractivity contribution in [2.24, 2.45) is 5.92 Å². The zero-order valence-corrected chi connectivity index (χ0v) is 20.0. The van der Waals surface area contributed by atoms with Gasteiger partial charge in [0.1, 0.15) is 5.75 Å². The molecule has 4 unspecified atom stereocenters. The highest BCUT2D eigenvalue weighted by Crippen LogP contribution is 2.39. The van der Waals surface area contributed by atoms with Gasteiger partial charge in [-0.05, 0) is 35.8 Å². The summed E-state index contributed by atoms with van der Waals surface area (Å²) in [5, 5.41) is 13.7. The number of methoxy groups -OCH3 is 1. The van der Waals surface area contributed by atoms with E-state index in [1.165, 1.54) is 0 Å². The van der Waals surface area contributed by atoms with Crippen LogP contribution in [0.15, 0.2) is 24.3 Å². The molecule has 30 heavy (non-hydrogen) atoms. The van der Waals surface area contributed by atoms with Gasteiger partial charge in [-0.25, -0.2) is 4.79 Å². The fourth-order valence-corrected chi connectivity index (χ4v) is 5.16. The third kappa shape index (κ3) is 4.66. The summed E-state index contributed by atoms with van der Waals surface area (Å²) in [4.78, 5) is 13.7. The van der Waals surface area contributed by atoms with Gasteiger partial charge < -0.3 is 24.3 Å². The molecule has 8 heteroatoms. The lowest BCUT2D eigenvalue weighted by molar-refractivity contribution is 0.0747. The van der Waals surface area contributed by atoms with Crippen molar-refractivity contribution in [3.8, 4) is 5.75 Å². The fourth-order valence-electron chi connectivity index (χ4n) is 4.14. The summed E-state index contributed by atoms with van der Waals surface area (Å²) in [7, 11) is -0.340. The minimum absolute atomic E-state index is 0.0135. The highest BCUT2D eigenvalue weighted by atomic mass is 28.4. The normalized spacial score (nSPS) is 26.7. The summed E-state index contributed by atoms with van der Waals surface area (Å²) in [6, 6.07) is 7.57. The van der Waals surface area contributed by atoms with Crippen molar-refractivity contribution in [1.82, 2.24) is 10.2 Å². The van der Waals surface area contributed by atoms with Gasteiger partial charge in [0.05, 0.1) is 39.0 Å². The Morgan fingerprint density at radius 2 is 1.93 bits per heavy atom. The molecule has 1 amide bonds. The zero-order chi connectivity index (χ0) is 22.1. The lowest BCUT2D eigenvalue weighted by Crippen LogP contribution is -2.52. The maximum atomic E-state index is 12.2. The van der Waals surface area contributed by atoms with Gasteiger partial charge in [0, 0.05) is 18.5 Å². The Labute approximate surface area is 180 Å². The molecule has 0 aliphatic carbocycles. The molecule has 4 atom stereocenters. The van der Waals surface area contributed by atoms with Gasteiger partial charge in [-0.2, -0.15) is 0 Å². The van der Waals surface area contributed by atoms with Crippen LogP contribution in [0.25, 0.3) is 0 Å². The molecule has 3 rings (SSSR count). The van der Waals surface area contributed by atoms with E-state index in [0.29, 0.717) is 26.4 Å². The second-order valence-electron chi connectivity index (χ2n) is 9.85. The fraction of sp³-hybridized carbons (Fsp3) is 0.682. The molecule has 2 heterocycles. The van der Waals surface area contributed by atoms with Crippen LogP contribution in [0.1, 0.15) is 26.3 Å². The van der Waals surface area contributed by atoms with Crippen LogP contribution in [0, 0.1) is 5.92 Å². The number of hydrogen-bond donors (Lipinski definition) is 2. The Bertz CT molecular complexity index is 734. The van der Waals surface area contributed by atoms with Gasteiger partial charge in [-0.1, -0.05) is 32.9 Å². The number of amides is 1. The number of nitrogens with one attached hydrogen (secondary N) is 1. The predicted molar refractivity (Wildman–Crippen MR) is 119 cm³/mol. The van der Waals surface area contributed by atoms with Gasteiger partial charge in [0.25, 0.3) is 0 Å². The van der Waals surface area contributed by atoms with E-state index in [-0.39, 0.29) is 29.1 Å². The Morgan fingerprint density at radius 3 is 2.50 bits per heavy atom. The monoisotopic (exact) mass is 436 g/mol. The van der Waals surface area contributed by atoms with Crippen molar-refractivity contribution in [3.63, 3.8) is 0 Å². The zero-order valence-electron chi connectivity index (χ0n) is 19.0. The van der Waals surface area contributed by atoms with Crippen LogP contribution in [0.4, 0.5) is 4.79 Å². The number of nitrogens with zero attached hydrogens (tertiary/aromatic N) is 1. The van der Waals surface area contributed by atoms with Crippen LogP contribution >= 0.6 is 0 Å². The average molecular weight is 437 g/mol. The summed E-state index contributed by atoms with van der Waals surface area (Å²) in [6.45, 7) is 13.1. The first-order chi connectivity index (χ1) is 14.0. The molecule has 0 saturated carbocycles. The van der Waals surface area contributed by atoms with Crippen LogP contribution in [0.3, 0.4) is 0 Å². The molecule has 0 bridgehead atoms. The number of carboxylic acid groups (broad SMARTS) is 1. The van der Waals surface area contributed by atoms with E-state index in [4.69, 9.17) is 13.9 Å². The van der Waals surface area contributed by atoms with Crippen LogP contribution in [-0.4, -0.2) is 69.5 Å². The van der Waals surface area contributed by atoms with Crippen LogP contribution in [0.5, 0.6) is 5.75 Å². The number of hydrogen-bond acceptors (Lipinski definition) is 5. The SMILES string of the molecule is COc1ccc(CNC2C3COCC3N(C(=O)O)C2CO[Si](C)(C)C(C)(C)C)cc1. The first-order valence-electron chi connectivity index (χ1n) is 10.6. The number of fused-ring (bicyclic) bond motifs is 1. The highest BCUT2D eigenvalue weighted by Gasteiger charge is 2.54. The van der Waals surface area contributed by atoms with Crippen molar-refractivity contribution in [2.45, 2.75) is 63.6 Å². The van der Waals surface area contributed by atoms with E-state index in [1.807, 2.05) is 24.3 Å².